The van der Waals surface area contributed by atoms with Gasteiger partial charge in [-0.05, 0) is 25.0 Å². The van der Waals surface area contributed by atoms with Crippen molar-refractivity contribution in [2.24, 2.45) is 0 Å². The van der Waals surface area contributed by atoms with E-state index in [1.807, 2.05) is 33.9 Å². The van der Waals surface area contributed by atoms with Crippen molar-refractivity contribution in [1.82, 2.24) is 24.1 Å². The number of rotatable bonds is 9. The van der Waals surface area contributed by atoms with E-state index in [9.17, 15) is 10.2 Å². The van der Waals surface area contributed by atoms with E-state index in [0.717, 1.165) is 25.1 Å². The fourth-order valence-corrected chi connectivity index (χ4v) is 4.53. The Morgan fingerprint density at radius 1 is 1.08 bits per heavy atom. The number of nitrogens with zero attached hydrogens (tertiary/aromatic N) is 6. The first kappa shape index (κ1) is 23.7. The maximum Gasteiger partial charge on any atom is 0.245 e. The van der Waals surface area contributed by atoms with E-state index in [1.54, 1.807) is 38.2 Å². The van der Waals surface area contributed by atoms with Crippen molar-refractivity contribution < 1.29 is 24.4 Å². The largest absolute Gasteiger partial charge is 0.493 e. The third-order valence-electron chi connectivity index (χ3n) is 6.36. The summed E-state index contributed by atoms with van der Waals surface area (Å²) in [6.45, 7) is 0.618. The Labute approximate surface area is 207 Å². The zero-order valence-electron chi connectivity index (χ0n) is 20.4. The van der Waals surface area contributed by atoms with Crippen molar-refractivity contribution in [2.45, 2.75) is 25.5 Å². The minimum atomic E-state index is -0.163. The van der Waals surface area contributed by atoms with Gasteiger partial charge in [-0.1, -0.05) is 0 Å². The highest BCUT2D eigenvalue weighted by Crippen LogP contribution is 2.39. The molecule has 1 saturated heterocycles. The highest BCUT2D eigenvalue weighted by atomic mass is 16.5. The summed E-state index contributed by atoms with van der Waals surface area (Å²) in [5.41, 5.74) is 2.11. The minimum absolute atomic E-state index is 0.0296. The summed E-state index contributed by atoms with van der Waals surface area (Å²) in [7, 11) is 4.70. The molecule has 1 unspecified atom stereocenters. The van der Waals surface area contributed by atoms with Gasteiger partial charge in [-0.2, -0.15) is 4.98 Å². The molecule has 1 atom stereocenters. The number of aliphatic hydroxyl groups is 2. The van der Waals surface area contributed by atoms with Crippen LogP contribution in [0.2, 0.25) is 0 Å². The third kappa shape index (κ3) is 4.14. The van der Waals surface area contributed by atoms with Crippen LogP contribution in [-0.2, 0) is 6.61 Å². The Morgan fingerprint density at radius 3 is 2.53 bits per heavy atom. The predicted molar refractivity (Wildman–Crippen MR) is 133 cm³/mol. The van der Waals surface area contributed by atoms with Gasteiger partial charge < -0.3 is 39.2 Å². The van der Waals surface area contributed by atoms with E-state index >= 15 is 0 Å². The molecule has 1 aliphatic rings. The van der Waals surface area contributed by atoms with Crippen molar-refractivity contribution in [3.8, 4) is 22.9 Å². The zero-order valence-corrected chi connectivity index (χ0v) is 20.4. The number of aromatic nitrogens is 5. The zero-order chi connectivity index (χ0) is 25.2. The molecular formula is C24H29N7O5. The summed E-state index contributed by atoms with van der Waals surface area (Å²) in [4.78, 5) is 11.3. The molecule has 1 aromatic carbocycles. The Bertz CT molecular complexity index is 1340. The molecular weight excluding hydrogens is 466 g/mol. The molecule has 4 aromatic rings. The number of methoxy groups -OCH3 is 3. The first-order chi connectivity index (χ1) is 17.6. The fraction of sp³-hybridized carbons (Fsp3) is 0.375. The molecule has 3 aromatic heterocycles. The number of nitrogens with one attached hydrogen (secondary N) is 1. The van der Waals surface area contributed by atoms with Crippen LogP contribution in [0, 0.1) is 0 Å². The van der Waals surface area contributed by atoms with Crippen molar-refractivity contribution >= 4 is 23.1 Å². The number of hydrogen-bond donors (Lipinski definition) is 3. The lowest BCUT2D eigenvalue weighted by atomic mass is 10.2. The Morgan fingerprint density at radius 2 is 1.86 bits per heavy atom. The Balaban J connectivity index is 1.51. The van der Waals surface area contributed by atoms with Crippen molar-refractivity contribution in [1.29, 1.82) is 0 Å². The van der Waals surface area contributed by atoms with Gasteiger partial charge in [0.2, 0.25) is 11.7 Å². The van der Waals surface area contributed by atoms with Gasteiger partial charge >= 0.3 is 0 Å². The second kappa shape index (κ2) is 9.91. The smallest absolute Gasteiger partial charge is 0.245 e. The molecule has 0 saturated carbocycles. The summed E-state index contributed by atoms with van der Waals surface area (Å²) >= 11 is 0. The topological polar surface area (TPSA) is 131 Å². The summed E-state index contributed by atoms with van der Waals surface area (Å²) in [5.74, 6) is 3.16. The fourth-order valence-electron chi connectivity index (χ4n) is 4.53. The maximum atomic E-state index is 9.81. The Kier molecular flexibility index (Phi) is 6.53. The molecule has 0 bridgehead atoms. The molecule has 12 nitrogen and oxygen atoms in total. The molecule has 1 aliphatic heterocycles. The van der Waals surface area contributed by atoms with Crippen LogP contribution in [0.1, 0.15) is 18.5 Å². The van der Waals surface area contributed by atoms with Gasteiger partial charge in [-0.25, -0.2) is 9.50 Å². The van der Waals surface area contributed by atoms with Crippen LogP contribution in [0.25, 0.3) is 11.2 Å². The molecule has 190 valence electrons. The summed E-state index contributed by atoms with van der Waals surface area (Å²) < 4.78 is 19.8. The van der Waals surface area contributed by atoms with Crippen molar-refractivity contribution in [3.05, 3.63) is 42.5 Å². The van der Waals surface area contributed by atoms with Gasteiger partial charge in [-0.15, -0.1) is 5.10 Å². The average molecular weight is 496 g/mol. The predicted octanol–water partition coefficient (Wildman–Crippen LogP) is 2.14. The maximum absolute atomic E-state index is 9.81. The van der Waals surface area contributed by atoms with Crippen LogP contribution in [0.3, 0.4) is 0 Å². The molecule has 3 N–H and O–H groups in total. The lowest BCUT2D eigenvalue weighted by molar-refractivity contribution is 0.265. The number of fused-ring (bicyclic) bond motifs is 1. The van der Waals surface area contributed by atoms with Gasteiger partial charge in [0.25, 0.3) is 0 Å². The van der Waals surface area contributed by atoms with Gasteiger partial charge in [-0.3, -0.25) is 0 Å². The van der Waals surface area contributed by atoms with Crippen LogP contribution >= 0.6 is 0 Å². The molecule has 5 rings (SSSR count). The molecule has 0 aliphatic carbocycles. The number of imidazole rings is 1. The SMILES string of the molecule is COc1cc(-n2cnc(Nc3nc(N4CCCC4CO)nn4c(CO)ccc34)c2)cc(OC)c1OC. The van der Waals surface area contributed by atoms with E-state index in [-0.39, 0.29) is 19.3 Å². The number of aliphatic hydroxyl groups excluding tert-OH is 2. The van der Waals surface area contributed by atoms with E-state index in [4.69, 9.17) is 19.2 Å². The first-order valence-electron chi connectivity index (χ1n) is 11.6. The molecule has 0 spiro atoms. The lowest BCUT2D eigenvalue weighted by Gasteiger charge is -2.23. The lowest BCUT2D eigenvalue weighted by Crippen LogP contribution is -2.34. The highest BCUT2D eigenvalue weighted by Gasteiger charge is 2.27. The second-order valence-corrected chi connectivity index (χ2v) is 8.39. The van der Waals surface area contributed by atoms with E-state index < -0.39 is 0 Å². The van der Waals surface area contributed by atoms with Crippen molar-refractivity contribution in [3.63, 3.8) is 0 Å². The normalized spacial score (nSPS) is 15.5. The van der Waals surface area contributed by atoms with Crippen LogP contribution < -0.4 is 24.4 Å². The molecule has 36 heavy (non-hydrogen) atoms. The molecule has 12 heteroatoms. The second-order valence-electron chi connectivity index (χ2n) is 8.39. The van der Waals surface area contributed by atoms with E-state index in [2.05, 4.69) is 15.4 Å². The monoisotopic (exact) mass is 495 g/mol. The van der Waals surface area contributed by atoms with Crippen molar-refractivity contribution in [2.75, 3.05) is 44.7 Å². The number of hydrogen-bond acceptors (Lipinski definition) is 10. The van der Waals surface area contributed by atoms with Gasteiger partial charge in [0.05, 0.1) is 58.2 Å². The summed E-state index contributed by atoms with van der Waals surface area (Å²) in [6.07, 6.45) is 5.31. The van der Waals surface area contributed by atoms with Gasteiger partial charge in [0.1, 0.15) is 17.7 Å². The number of ether oxygens (including phenoxy) is 3. The van der Waals surface area contributed by atoms with Crippen LogP contribution in [0.5, 0.6) is 17.2 Å². The van der Waals surface area contributed by atoms with Gasteiger partial charge in [0, 0.05) is 18.7 Å². The first-order valence-corrected chi connectivity index (χ1v) is 11.6. The molecule has 0 radical (unpaired) electrons. The van der Waals surface area contributed by atoms with Crippen LogP contribution in [0.15, 0.2) is 36.8 Å². The third-order valence-corrected chi connectivity index (χ3v) is 6.36. The minimum Gasteiger partial charge on any atom is -0.493 e. The highest BCUT2D eigenvalue weighted by molar-refractivity contribution is 5.74. The Hall–Kier alpha value is -4.03. The molecule has 1 fully saturated rings. The summed E-state index contributed by atoms with van der Waals surface area (Å²) in [5, 5.41) is 27.5. The van der Waals surface area contributed by atoms with E-state index in [0.29, 0.717) is 46.0 Å². The van der Waals surface area contributed by atoms with Crippen LogP contribution in [0.4, 0.5) is 17.6 Å². The number of benzene rings is 1. The standard InChI is InChI=1S/C24H29N7O5/c1-34-19-9-17(10-20(35-2)22(19)36-3)29-11-21(25-14-29)26-23-18-7-6-16(13-33)31(18)28-24(27-23)30-8-4-5-15(30)12-32/h6-7,9-11,14-15,32-33H,4-5,8,12-13H2,1-3H3,(H,26,27,28). The molecule has 4 heterocycles. The number of anilines is 3. The average Bonchev–Trinajstić information content (AvgIpc) is 3.67. The quantitative estimate of drug-likeness (QED) is 0.317. The molecule has 0 amide bonds. The van der Waals surface area contributed by atoms with E-state index in [1.165, 1.54) is 0 Å². The summed E-state index contributed by atoms with van der Waals surface area (Å²) in [6, 6.07) is 7.28. The van der Waals surface area contributed by atoms with Gasteiger partial charge in [0.15, 0.2) is 17.3 Å². The van der Waals surface area contributed by atoms with Crippen LogP contribution in [-0.4, -0.2) is 74.9 Å².